The number of ether oxygens (including phenoxy) is 3. The second-order valence-electron chi connectivity index (χ2n) is 6.09. The fourth-order valence-electron chi connectivity index (χ4n) is 3.17. The average molecular weight is 398 g/mol. The highest BCUT2D eigenvalue weighted by molar-refractivity contribution is 7.92. The van der Waals surface area contributed by atoms with Gasteiger partial charge in [0.05, 0.1) is 31.8 Å². The molecule has 5 nitrogen and oxygen atoms in total. The van der Waals surface area contributed by atoms with Crippen LogP contribution in [0.4, 0.5) is 0 Å². The van der Waals surface area contributed by atoms with Crippen molar-refractivity contribution in [2.24, 2.45) is 0 Å². The van der Waals surface area contributed by atoms with E-state index >= 15 is 0 Å². The molecule has 0 saturated carbocycles. The van der Waals surface area contributed by atoms with Crippen LogP contribution in [0.3, 0.4) is 0 Å². The minimum atomic E-state index is -3.79. The van der Waals surface area contributed by atoms with E-state index in [0.29, 0.717) is 28.4 Å². The van der Waals surface area contributed by atoms with Crippen LogP contribution in [0.1, 0.15) is 16.4 Å². The molecule has 6 heteroatoms. The van der Waals surface area contributed by atoms with Gasteiger partial charge in [-0.3, -0.25) is 0 Å². The van der Waals surface area contributed by atoms with Crippen LogP contribution >= 0.6 is 0 Å². The topological polar surface area (TPSA) is 61.8 Å². The first-order valence-electron chi connectivity index (χ1n) is 8.66. The van der Waals surface area contributed by atoms with E-state index in [1.165, 1.54) is 21.3 Å². The molecular formula is C22H22O5S. The summed E-state index contributed by atoms with van der Waals surface area (Å²) in [5, 5.41) is -1.01. The van der Waals surface area contributed by atoms with Crippen LogP contribution in [0, 0.1) is 0 Å². The molecule has 0 aromatic heterocycles. The van der Waals surface area contributed by atoms with Gasteiger partial charge in [-0.05, 0) is 17.7 Å². The first kappa shape index (κ1) is 19.8. The van der Waals surface area contributed by atoms with Gasteiger partial charge in [0.1, 0.15) is 22.5 Å². The summed E-state index contributed by atoms with van der Waals surface area (Å²) in [6, 6.07) is 20.7. The van der Waals surface area contributed by atoms with E-state index < -0.39 is 15.1 Å². The van der Waals surface area contributed by atoms with Crippen molar-refractivity contribution in [1.82, 2.24) is 0 Å². The standard InChI is InChI=1S/C22H22O5S/c1-25-17-14-19(26-2)21(20(15-17)27-3)22(16-10-6-4-7-11-16)28(23,24)18-12-8-5-9-13-18/h4-15,22H,1-3H3. The third-order valence-electron chi connectivity index (χ3n) is 4.50. The van der Waals surface area contributed by atoms with Crippen molar-refractivity contribution in [3.05, 3.63) is 83.9 Å². The molecule has 28 heavy (non-hydrogen) atoms. The molecule has 1 unspecified atom stereocenters. The van der Waals surface area contributed by atoms with Crippen LogP contribution in [0.5, 0.6) is 17.2 Å². The summed E-state index contributed by atoms with van der Waals surface area (Å²) in [4.78, 5) is 0.226. The Bertz CT molecular complexity index is 1010. The fourth-order valence-corrected chi connectivity index (χ4v) is 5.03. The number of rotatable bonds is 7. The molecule has 0 saturated heterocycles. The average Bonchev–Trinajstić information content (AvgIpc) is 2.75. The van der Waals surface area contributed by atoms with Crippen molar-refractivity contribution in [2.45, 2.75) is 10.1 Å². The van der Waals surface area contributed by atoms with Crippen molar-refractivity contribution in [2.75, 3.05) is 21.3 Å². The first-order chi connectivity index (χ1) is 13.5. The highest BCUT2D eigenvalue weighted by atomic mass is 32.2. The van der Waals surface area contributed by atoms with Gasteiger partial charge in [0.15, 0.2) is 9.84 Å². The Morgan fingerprint density at radius 3 is 1.68 bits per heavy atom. The molecule has 0 spiro atoms. The first-order valence-corrected chi connectivity index (χ1v) is 10.2. The lowest BCUT2D eigenvalue weighted by molar-refractivity contribution is 0.369. The lowest BCUT2D eigenvalue weighted by Crippen LogP contribution is -2.17. The Morgan fingerprint density at radius 2 is 1.21 bits per heavy atom. The normalized spacial score (nSPS) is 12.2. The molecule has 0 radical (unpaired) electrons. The maximum atomic E-state index is 13.7. The summed E-state index contributed by atoms with van der Waals surface area (Å²) < 4.78 is 43.7. The Kier molecular flexibility index (Phi) is 5.90. The molecule has 0 bridgehead atoms. The van der Waals surface area contributed by atoms with Crippen molar-refractivity contribution in [3.8, 4) is 17.2 Å². The third-order valence-corrected chi connectivity index (χ3v) is 6.56. The van der Waals surface area contributed by atoms with E-state index in [1.54, 1.807) is 54.6 Å². The maximum absolute atomic E-state index is 13.7. The number of hydrogen-bond acceptors (Lipinski definition) is 5. The Balaban J connectivity index is 2.34. The molecule has 0 aliphatic carbocycles. The summed E-state index contributed by atoms with van der Waals surface area (Å²) in [5.41, 5.74) is 1.05. The smallest absolute Gasteiger partial charge is 0.189 e. The lowest BCUT2D eigenvalue weighted by Gasteiger charge is -2.24. The van der Waals surface area contributed by atoms with Crippen molar-refractivity contribution < 1.29 is 22.6 Å². The van der Waals surface area contributed by atoms with Gasteiger partial charge in [-0.25, -0.2) is 8.42 Å². The number of hydrogen-bond donors (Lipinski definition) is 0. The van der Waals surface area contributed by atoms with Gasteiger partial charge in [0, 0.05) is 12.1 Å². The molecule has 0 aliphatic heterocycles. The van der Waals surface area contributed by atoms with Crippen molar-refractivity contribution in [3.63, 3.8) is 0 Å². The van der Waals surface area contributed by atoms with E-state index in [2.05, 4.69) is 0 Å². The van der Waals surface area contributed by atoms with E-state index in [-0.39, 0.29) is 4.90 Å². The maximum Gasteiger partial charge on any atom is 0.189 e. The SMILES string of the molecule is COc1cc(OC)c(C(c2ccccc2)S(=O)(=O)c2ccccc2)c(OC)c1. The van der Waals surface area contributed by atoms with Gasteiger partial charge in [-0.2, -0.15) is 0 Å². The van der Waals surface area contributed by atoms with Crippen LogP contribution in [-0.4, -0.2) is 29.7 Å². The van der Waals surface area contributed by atoms with Gasteiger partial charge in [0.2, 0.25) is 0 Å². The molecule has 0 aliphatic rings. The molecule has 3 aromatic carbocycles. The second kappa shape index (κ2) is 8.35. The summed E-state index contributed by atoms with van der Waals surface area (Å²) >= 11 is 0. The highest BCUT2D eigenvalue weighted by Crippen LogP contribution is 2.46. The van der Waals surface area contributed by atoms with Gasteiger partial charge in [0.25, 0.3) is 0 Å². The fraction of sp³-hybridized carbons (Fsp3) is 0.182. The predicted octanol–water partition coefficient (Wildman–Crippen LogP) is 4.28. The monoisotopic (exact) mass is 398 g/mol. The molecule has 146 valence electrons. The molecule has 1 atom stereocenters. The molecule has 3 rings (SSSR count). The quantitative estimate of drug-likeness (QED) is 0.595. The van der Waals surface area contributed by atoms with Gasteiger partial charge in [-0.1, -0.05) is 48.5 Å². The van der Waals surface area contributed by atoms with E-state index in [0.717, 1.165) is 0 Å². The minimum Gasteiger partial charge on any atom is -0.496 e. The third kappa shape index (κ3) is 3.68. The summed E-state index contributed by atoms with van der Waals surface area (Å²) in [6.07, 6.45) is 0. The molecule has 3 aromatic rings. The zero-order chi connectivity index (χ0) is 20.1. The Morgan fingerprint density at radius 1 is 0.714 bits per heavy atom. The van der Waals surface area contributed by atoms with E-state index in [9.17, 15) is 8.42 Å². The summed E-state index contributed by atoms with van der Waals surface area (Å²) in [6.45, 7) is 0. The Hall–Kier alpha value is -2.99. The molecular weight excluding hydrogens is 376 g/mol. The van der Waals surface area contributed by atoms with Crippen LogP contribution < -0.4 is 14.2 Å². The zero-order valence-corrected chi connectivity index (χ0v) is 16.8. The number of methoxy groups -OCH3 is 3. The molecule has 0 amide bonds. The lowest BCUT2D eigenvalue weighted by atomic mass is 10.0. The van der Waals surface area contributed by atoms with Crippen molar-refractivity contribution in [1.29, 1.82) is 0 Å². The largest absolute Gasteiger partial charge is 0.496 e. The van der Waals surface area contributed by atoms with Crippen molar-refractivity contribution >= 4 is 9.84 Å². The zero-order valence-electron chi connectivity index (χ0n) is 16.0. The van der Waals surface area contributed by atoms with E-state index in [1.807, 2.05) is 18.2 Å². The summed E-state index contributed by atoms with van der Waals surface area (Å²) in [7, 11) is 0.728. The summed E-state index contributed by atoms with van der Waals surface area (Å²) in [5.74, 6) is 1.27. The van der Waals surface area contributed by atoms with Gasteiger partial charge >= 0.3 is 0 Å². The van der Waals surface area contributed by atoms with Crippen LogP contribution in [0.25, 0.3) is 0 Å². The Labute approximate surface area is 165 Å². The molecule has 0 heterocycles. The highest BCUT2D eigenvalue weighted by Gasteiger charge is 2.35. The predicted molar refractivity (Wildman–Crippen MR) is 108 cm³/mol. The molecule has 0 N–H and O–H groups in total. The minimum absolute atomic E-state index is 0.226. The second-order valence-corrected chi connectivity index (χ2v) is 8.13. The van der Waals surface area contributed by atoms with Gasteiger partial charge in [-0.15, -0.1) is 0 Å². The number of sulfone groups is 1. The van der Waals surface area contributed by atoms with Gasteiger partial charge < -0.3 is 14.2 Å². The van der Waals surface area contributed by atoms with E-state index in [4.69, 9.17) is 14.2 Å². The van der Waals surface area contributed by atoms with Crippen LogP contribution in [0.15, 0.2) is 77.7 Å². The van der Waals surface area contributed by atoms with Crippen LogP contribution in [-0.2, 0) is 9.84 Å². The van der Waals surface area contributed by atoms with Crippen LogP contribution in [0.2, 0.25) is 0 Å². The molecule has 0 fully saturated rings. The number of benzene rings is 3.